The summed E-state index contributed by atoms with van der Waals surface area (Å²) in [5.41, 5.74) is 0. The molecule has 12 heavy (non-hydrogen) atoms. The average molecular weight is 179 g/mol. The van der Waals surface area contributed by atoms with Crippen LogP contribution in [0.15, 0.2) is 0 Å². The van der Waals surface area contributed by atoms with Gasteiger partial charge in [0, 0.05) is 36.1 Å². The molecule has 0 aromatic heterocycles. The smallest absolute Gasteiger partial charge is 0.277 e. The first kappa shape index (κ1) is 11.6. The van der Waals surface area contributed by atoms with Crippen molar-refractivity contribution in [3.05, 3.63) is 0 Å². The molecule has 0 saturated carbocycles. The molecule has 1 aliphatic heterocycles. The van der Waals surface area contributed by atoms with Crippen molar-refractivity contribution < 1.29 is 14.4 Å². The number of nitrogens with zero attached hydrogens (tertiary/aromatic N) is 1. The van der Waals surface area contributed by atoms with E-state index in [0.29, 0.717) is 6.54 Å². The van der Waals surface area contributed by atoms with Gasteiger partial charge in [-0.2, -0.15) is 0 Å². The summed E-state index contributed by atoms with van der Waals surface area (Å²) in [6.45, 7) is 1.98. The van der Waals surface area contributed by atoms with Crippen LogP contribution in [0.4, 0.5) is 4.79 Å². The van der Waals surface area contributed by atoms with Crippen molar-refractivity contribution in [1.29, 1.82) is 0 Å². The maximum absolute atomic E-state index is 10.9. The molecular formula is C6H8N2NaO3. The Hall–Kier alpha value is -0.390. The van der Waals surface area contributed by atoms with Crippen LogP contribution in [0.25, 0.3) is 0 Å². The van der Waals surface area contributed by atoms with E-state index in [2.05, 4.69) is 0 Å². The summed E-state index contributed by atoms with van der Waals surface area (Å²) in [7, 11) is 0. The Morgan fingerprint density at radius 3 is 2.42 bits per heavy atom. The summed E-state index contributed by atoms with van der Waals surface area (Å²) in [5, 5.41) is 2.04. The topological polar surface area (TPSA) is 66.5 Å². The van der Waals surface area contributed by atoms with E-state index in [-0.39, 0.29) is 36.0 Å². The summed E-state index contributed by atoms with van der Waals surface area (Å²) in [6.07, 6.45) is -0.223. The summed E-state index contributed by atoms with van der Waals surface area (Å²) in [4.78, 5) is 33.3. The fourth-order valence-corrected chi connectivity index (χ4v) is 0.897. The van der Waals surface area contributed by atoms with E-state index >= 15 is 0 Å². The fraction of sp³-hybridized carbons (Fsp3) is 0.500. The molecule has 61 valence electrons. The molecule has 0 aromatic rings. The van der Waals surface area contributed by atoms with E-state index in [0.717, 1.165) is 4.90 Å². The number of nitrogens with one attached hydrogen (secondary N) is 1. The normalized spacial score (nSPS) is 17.1. The van der Waals surface area contributed by atoms with Crippen LogP contribution in [0.2, 0.25) is 0 Å². The molecule has 4 amide bonds. The summed E-state index contributed by atoms with van der Waals surface area (Å²) in [6, 6.07) is -0.617. The minimum atomic E-state index is -0.617. The van der Waals surface area contributed by atoms with Gasteiger partial charge in [0.2, 0.25) is 11.8 Å². The molecule has 0 atom stereocenters. The number of hydrogen-bond donors (Lipinski definition) is 1. The third-order valence-corrected chi connectivity index (χ3v) is 1.42. The van der Waals surface area contributed by atoms with E-state index in [1.54, 1.807) is 6.92 Å². The average Bonchev–Trinajstić information content (AvgIpc) is 1.85. The molecule has 0 spiro atoms. The molecule has 0 bridgehead atoms. The summed E-state index contributed by atoms with van der Waals surface area (Å²) in [5.74, 6) is -0.953. The second kappa shape index (κ2) is 4.59. The van der Waals surface area contributed by atoms with E-state index in [1.165, 1.54) is 0 Å². The Kier molecular flexibility index (Phi) is 4.44. The zero-order valence-electron chi connectivity index (χ0n) is 7.09. The zero-order chi connectivity index (χ0) is 8.43. The van der Waals surface area contributed by atoms with Crippen LogP contribution in [0.5, 0.6) is 0 Å². The number of carbonyl (C=O) groups is 3. The van der Waals surface area contributed by atoms with Gasteiger partial charge >= 0.3 is 6.03 Å². The van der Waals surface area contributed by atoms with E-state index in [4.69, 9.17) is 0 Å². The van der Waals surface area contributed by atoms with E-state index in [9.17, 15) is 14.4 Å². The minimum Gasteiger partial charge on any atom is -0.277 e. The fourth-order valence-electron chi connectivity index (χ4n) is 0.897. The van der Waals surface area contributed by atoms with Crippen molar-refractivity contribution in [2.75, 3.05) is 6.54 Å². The van der Waals surface area contributed by atoms with Crippen molar-refractivity contribution in [3.63, 3.8) is 0 Å². The van der Waals surface area contributed by atoms with Crippen LogP contribution in [0.1, 0.15) is 13.3 Å². The van der Waals surface area contributed by atoms with Crippen LogP contribution < -0.4 is 5.32 Å². The number of rotatable bonds is 1. The molecule has 0 aliphatic carbocycles. The first-order valence-electron chi connectivity index (χ1n) is 3.29. The van der Waals surface area contributed by atoms with Gasteiger partial charge in [0.25, 0.3) is 0 Å². The van der Waals surface area contributed by atoms with E-state index in [1.807, 2.05) is 5.32 Å². The number of amides is 4. The number of barbiturate groups is 1. The molecule has 1 radical (unpaired) electrons. The van der Waals surface area contributed by atoms with Crippen molar-refractivity contribution in [3.8, 4) is 0 Å². The van der Waals surface area contributed by atoms with Gasteiger partial charge in [0.1, 0.15) is 6.42 Å². The molecule has 1 fully saturated rings. The van der Waals surface area contributed by atoms with Crippen molar-refractivity contribution in [2.24, 2.45) is 0 Å². The Morgan fingerprint density at radius 1 is 1.42 bits per heavy atom. The standard InChI is InChI=1S/C6H8N2O3.Na/c1-2-8-5(10)3-4(9)7-6(8)11;/h2-3H2,1H3,(H,7,9,11);. The van der Waals surface area contributed by atoms with Gasteiger partial charge in [0.05, 0.1) is 0 Å². The Morgan fingerprint density at radius 2 is 2.00 bits per heavy atom. The molecule has 1 N–H and O–H groups in total. The van der Waals surface area contributed by atoms with Crippen molar-refractivity contribution >= 4 is 47.4 Å². The monoisotopic (exact) mass is 179 g/mol. The van der Waals surface area contributed by atoms with Gasteiger partial charge in [-0.15, -0.1) is 0 Å². The number of imide groups is 2. The third-order valence-electron chi connectivity index (χ3n) is 1.42. The quantitative estimate of drug-likeness (QED) is 0.418. The third kappa shape index (κ3) is 2.30. The van der Waals surface area contributed by atoms with Gasteiger partial charge < -0.3 is 0 Å². The second-order valence-corrected chi connectivity index (χ2v) is 2.17. The summed E-state index contributed by atoms with van der Waals surface area (Å²) < 4.78 is 0. The predicted octanol–water partition coefficient (Wildman–Crippen LogP) is -0.906. The molecule has 1 aliphatic rings. The van der Waals surface area contributed by atoms with Crippen LogP contribution in [-0.4, -0.2) is 58.8 Å². The molecule has 0 unspecified atom stereocenters. The van der Waals surface area contributed by atoms with E-state index < -0.39 is 17.8 Å². The van der Waals surface area contributed by atoms with Crippen LogP contribution in [0.3, 0.4) is 0 Å². The van der Waals surface area contributed by atoms with Gasteiger partial charge in [0.15, 0.2) is 0 Å². The maximum atomic E-state index is 10.9. The second-order valence-electron chi connectivity index (χ2n) is 2.17. The van der Waals surface area contributed by atoms with Crippen LogP contribution in [-0.2, 0) is 9.59 Å². The Bertz CT molecular complexity index is 209. The number of hydrogen-bond acceptors (Lipinski definition) is 3. The van der Waals surface area contributed by atoms with Gasteiger partial charge in [-0.25, -0.2) is 4.79 Å². The molecule has 6 heteroatoms. The van der Waals surface area contributed by atoms with Crippen LogP contribution >= 0.6 is 0 Å². The van der Waals surface area contributed by atoms with Crippen molar-refractivity contribution in [1.82, 2.24) is 10.2 Å². The predicted molar refractivity (Wildman–Crippen MR) is 41.3 cm³/mol. The van der Waals surface area contributed by atoms with Gasteiger partial charge in [-0.05, 0) is 6.92 Å². The molecule has 5 nitrogen and oxygen atoms in total. The maximum Gasteiger partial charge on any atom is 0.330 e. The molecule has 1 rings (SSSR count). The van der Waals surface area contributed by atoms with Crippen molar-refractivity contribution in [2.45, 2.75) is 13.3 Å². The Balaban J connectivity index is 0.00000121. The Labute approximate surface area is 91.8 Å². The van der Waals surface area contributed by atoms with Gasteiger partial charge in [-0.3, -0.25) is 19.8 Å². The first-order valence-corrected chi connectivity index (χ1v) is 3.29. The molecule has 1 saturated heterocycles. The largest absolute Gasteiger partial charge is 0.330 e. The van der Waals surface area contributed by atoms with Crippen LogP contribution in [0, 0.1) is 0 Å². The number of urea groups is 1. The first-order chi connectivity index (χ1) is 5.15. The van der Waals surface area contributed by atoms with Gasteiger partial charge in [-0.1, -0.05) is 0 Å². The number of carbonyl (C=O) groups excluding carboxylic acids is 3. The zero-order valence-corrected chi connectivity index (χ0v) is 9.09. The molecular weight excluding hydrogens is 171 g/mol. The minimum absolute atomic E-state index is 0. The summed E-state index contributed by atoms with van der Waals surface area (Å²) >= 11 is 0. The molecule has 0 aromatic carbocycles. The SMILES string of the molecule is CCN1C(=O)CC(=O)NC1=O.[Na]. The molecule has 1 heterocycles.